The Balaban J connectivity index is 3.40. The first-order valence-electron chi connectivity index (χ1n) is 17.6. The van der Waals surface area contributed by atoms with E-state index in [9.17, 15) is 33.9 Å². The zero-order chi connectivity index (χ0) is 39.8. The molecule has 0 aliphatic heterocycles. The van der Waals surface area contributed by atoms with E-state index in [0.29, 0.717) is 5.56 Å². The number of hydrogen-bond acceptors (Lipinski definition) is 12. The summed E-state index contributed by atoms with van der Waals surface area (Å²) in [5.74, 6) is -4.10. The van der Waals surface area contributed by atoms with Crippen molar-refractivity contribution in [2.24, 2.45) is 11.7 Å². The summed E-state index contributed by atoms with van der Waals surface area (Å²) in [7, 11) is 0. The molecule has 0 aliphatic rings. The third kappa shape index (κ3) is 15.9. The molecule has 6 N–H and O–H groups in total. The van der Waals surface area contributed by atoms with Crippen LogP contribution < -0.4 is 21.7 Å². The lowest BCUT2D eigenvalue weighted by molar-refractivity contribution is -0.163. The molecular formula is C36H59N5O11. The van der Waals surface area contributed by atoms with Crippen LogP contribution >= 0.6 is 0 Å². The number of amides is 5. The molecule has 1 rings (SSSR count). The fraction of sp³-hybridized carbons (Fsp3) is 0.667. The number of ether oxygens (including phenoxy) is 4. The van der Waals surface area contributed by atoms with E-state index in [4.69, 9.17) is 24.7 Å². The van der Waals surface area contributed by atoms with Crippen LogP contribution in [-0.4, -0.2) is 108 Å². The van der Waals surface area contributed by atoms with E-state index in [1.165, 1.54) is 26.0 Å². The van der Waals surface area contributed by atoms with Crippen molar-refractivity contribution in [3.05, 3.63) is 29.8 Å². The third-order valence-electron chi connectivity index (χ3n) is 7.46. The van der Waals surface area contributed by atoms with Crippen LogP contribution in [0.3, 0.4) is 0 Å². The molecule has 16 nitrogen and oxygen atoms in total. The zero-order valence-electron chi connectivity index (χ0n) is 32.1. The summed E-state index contributed by atoms with van der Waals surface area (Å²) < 4.78 is 22.0. The lowest BCUT2D eigenvalue weighted by atomic mass is 10.00. The number of hydrogen-bond donors (Lipinski definition) is 5. The Bertz CT molecular complexity index is 1320. The molecule has 0 radical (unpaired) electrons. The molecule has 5 atom stereocenters. The first kappa shape index (κ1) is 45.7. The van der Waals surface area contributed by atoms with Crippen molar-refractivity contribution in [1.82, 2.24) is 20.9 Å². The van der Waals surface area contributed by atoms with Crippen LogP contribution in [0.1, 0.15) is 87.6 Å². The molecule has 0 fully saturated rings. The van der Waals surface area contributed by atoms with Gasteiger partial charge in [0.05, 0.1) is 25.1 Å². The quantitative estimate of drug-likeness (QED) is 0.0960. The molecule has 1 aromatic rings. The van der Waals surface area contributed by atoms with Gasteiger partial charge in [0.15, 0.2) is 6.29 Å². The van der Waals surface area contributed by atoms with Gasteiger partial charge in [-0.2, -0.15) is 0 Å². The summed E-state index contributed by atoms with van der Waals surface area (Å²) in [6.07, 6.45) is -2.45. The number of benzene rings is 1. The number of carbonyl (C=O) groups is 6. The lowest BCUT2D eigenvalue weighted by Crippen LogP contribution is -2.60. The monoisotopic (exact) mass is 737 g/mol. The normalized spacial score (nSPS) is 14.4. The van der Waals surface area contributed by atoms with Crippen LogP contribution in [0.5, 0.6) is 5.75 Å². The molecule has 16 heteroatoms. The smallest absolute Gasteiger partial charge is 0.416 e. The summed E-state index contributed by atoms with van der Waals surface area (Å²) in [5, 5.41) is 17.5. The van der Waals surface area contributed by atoms with Gasteiger partial charge in [-0.3, -0.25) is 24.0 Å². The Labute approximate surface area is 306 Å². The maximum absolute atomic E-state index is 14.0. The number of imide groups is 1. The molecule has 5 amide bonds. The summed E-state index contributed by atoms with van der Waals surface area (Å²) in [6.45, 7) is 16.7. The van der Waals surface area contributed by atoms with E-state index in [0.717, 1.165) is 4.90 Å². The minimum absolute atomic E-state index is 0.0178. The van der Waals surface area contributed by atoms with E-state index in [1.807, 2.05) is 0 Å². The number of aromatic hydroxyl groups is 1. The molecule has 0 saturated heterocycles. The number of rotatable bonds is 20. The minimum Gasteiger partial charge on any atom is -0.508 e. The number of nitrogens with one attached hydrogen (secondary N) is 3. The van der Waals surface area contributed by atoms with E-state index >= 15 is 0 Å². The van der Waals surface area contributed by atoms with Crippen molar-refractivity contribution in [2.75, 3.05) is 19.8 Å². The second-order valence-corrected chi connectivity index (χ2v) is 13.6. The third-order valence-corrected chi connectivity index (χ3v) is 7.46. The Kier molecular flexibility index (Phi) is 19.3. The van der Waals surface area contributed by atoms with Gasteiger partial charge in [-0.1, -0.05) is 26.0 Å². The van der Waals surface area contributed by atoms with Crippen LogP contribution in [0, 0.1) is 5.92 Å². The van der Waals surface area contributed by atoms with E-state index in [-0.39, 0.29) is 38.4 Å². The van der Waals surface area contributed by atoms with Gasteiger partial charge >= 0.3 is 12.1 Å². The van der Waals surface area contributed by atoms with Crippen molar-refractivity contribution in [3.63, 3.8) is 0 Å². The first-order valence-corrected chi connectivity index (χ1v) is 17.6. The molecule has 0 aromatic heterocycles. The highest BCUT2D eigenvalue weighted by Crippen LogP contribution is 2.21. The van der Waals surface area contributed by atoms with Gasteiger partial charge in [-0.25, -0.2) is 9.69 Å². The average Bonchev–Trinajstić information content (AvgIpc) is 3.03. The highest BCUT2D eigenvalue weighted by molar-refractivity contribution is 5.99. The lowest BCUT2D eigenvalue weighted by Gasteiger charge is -2.34. The van der Waals surface area contributed by atoms with E-state index in [2.05, 4.69) is 16.0 Å². The number of phenolic OH excluding ortho intramolecular Hbond substituents is 1. The van der Waals surface area contributed by atoms with Gasteiger partial charge < -0.3 is 45.7 Å². The van der Waals surface area contributed by atoms with Crippen molar-refractivity contribution in [2.45, 2.75) is 131 Å². The van der Waals surface area contributed by atoms with Crippen LogP contribution in [0.4, 0.5) is 4.79 Å². The predicted molar refractivity (Wildman–Crippen MR) is 192 cm³/mol. The Morgan fingerprint density at radius 1 is 0.827 bits per heavy atom. The van der Waals surface area contributed by atoms with Gasteiger partial charge in [-0.15, -0.1) is 0 Å². The average molecular weight is 738 g/mol. The van der Waals surface area contributed by atoms with Crippen molar-refractivity contribution >= 4 is 35.7 Å². The molecule has 1 aromatic carbocycles. The fourth-order valence-corrected chi connectivity index (χ4v) is 4.99. The summed E-state index contributed by atoms with van der Waals surface area (Å²) in [6, 6.07) is 0.285. The molecule has 0 spiro atoms. The van der Waals surface area contributed by atoms with Gasteiger partial charge in [0.2, 0.25) is 17.7 Å². The number of nitrogens with zero attached hydrogens (tertiary/aromatic N) is 1. The maximum Gasteiger partial charge on any atom is 0.416 e. The van der Waals surface area contributed by atoms with Gasteiger partial charge in [0, 0.05) is 26.1 Å². The second kappa shape index (κ2) is 21.9. The topological polar surface area (TPSA) is 225 Å². The van der Waals surface area contributed by atoms with Crippen LogP contribution in [-0.2, 0) is 49.3 Å². The Morgan fingerprint density at radius 3 is 1.88 bits per heavy atom. The molecule has 0 aliphatic carbocycles. The maximum atomic E-state index is 14.0. The Morgan fingerprint density at radius 2 is 1.40 bits per heavy atom. The summed E-state index contributed by atoms with van der Waals surface area (Å²) in [4.78, 5) is 81.0. The van der Waals surface area contributed by atoms with Crippen LogP contribution in [0.2, 0.25) is 0 Å². The Hall–Kier alpha value is -4.28. The van der Waals surface area contributed by atoms with Crippen molar-refractivity contribution in [1.29, 1.82) is 0 Å². The molecule has 52 heavy (non-hydrogen) atoms. The molecule has 0 heterocycles. The second-order valence-electron chi connectivity index (χ2n) is 13.6. The number of phenols is 1. The van der Waals surface area contributed by atoms with Crippen molar-refractivity contribution < 1.29 is 52.8 Å². The number of esters is 1. The van der Waals surface area contributed by atoms with Crippen molar-refractivity contribution in [3.8, 4) is 5.75 Å². The first-order chi connectivity index (χ1) is 24.2. The molecular weight excluding hydrogens is 678 g/mol. The summed E-state index contributed by atoms with van der Waals surface area (Å²) >= 11 is 0. The van der Waals surface area contributed by atoms with Crippen LogP contribution in [0.25, 0.3) is 0 Å². The molecule has 294 valence electrons. The molecule has 0 bridgehead atoms. The van der Waals surface area contributed by atoms with E-state index in [1.54, 1.807) is 67.5 Å². The molecule has 0 unspecified atom stereocenters. The minimum atomic E-state index is -1.35. The van der Waals surface area contributed by atoms with Gasteiger partial charge in [0.1, 0.15) is 29.5 Å². The fourth-order valence-electron chi connectivity index (χ4n) is 4.99. The SMILES string of the molecule is CCOC(=O)N(C(=O)[C@H](C)NC(=O)[C@@H](NC(=O)[C@H](Cc1ccc(O)cc1)NC(=O)[C@H](C)N)C(C)C)[C@@H](CC(=O)OC(C)(C)C)CC(OCC)OCC. The predicted octanol–water partition coefficient (Wildman–Crippen LogP) is 2.29. The highest BCUT2D eigenvalue weighted by atomic mass is 16.7. The van der Waals surface area contributed by atoms with Gasteiger partial charge in [-0.05, 0) is 79.0 Å². The standard InChI is InChI=1S/C36H59N5O11/c1-11-49-29(50-12-2)20-25(19-28(43)52-36(8,9)10)41(35(48)51-13-3)34(47)23(7)38-33(46)30(21(4)5)40-32(45)27(39-31(44)22(6)37)18-24-14-16-26(42)17-15-24/h14-17,21-23,25,27,29-30,42H,11-13,18-20,37H2,1-10H3,(H,38,46)(H,39,44)(H,40,45)/t22-,23-,25-,27-,30-/m0/s1. The van der Waals surface area contributed by atoms with Crippen LogP contribution in [0.15, 0.2) is 24.3 Å². The van der Waals surface area contributed by atoms with E-state index < -0.39 is 90.1 Å². The number of nitrogens with two attached hydrogens (primary N) is 1. The van der Waals surface area contributed by atoms with Gasteiger partial charge in [0.25, 0.3) is 5.91 Å². The zero-order valence-corrected chi connectivity index (χ0v) is 32.1. The summed E-state index contributed by atoms with van der Waals surface area (Å²) in [5.41, 5.74) is 5.48. The number of carbonyl (C=O) groups excluding carboxylic acids is 6. The highest BCUT2D eigenvalue weighted by Gasteiger charge is 2.39. The molecule has 0 saturated carbocycles. The largest absolute Gasteiger partial charge is 0.508 e.